The topological polar surface area (TPSA) is 97.5 Å². The summed E-state index contributed by atoms with van der Waals surface area (Å²) in [5.74, 6) is 0.726. The number of benzene rings is 2. The molecule has 2 aromatic carbocycles. The highest BCUT2D eigenvalue weighted by Gasteiger charge is 2.07. The van der Waals surface area contributed by atoms with Crippen LogP contribution in [0.2, 0.25) is 0 Å². The minimum absolute atomic E-state index is 0.0295. The highest BCUT2D eigenvalue weighted by atomic mass is 32.1. The van der Waals surface area contributed by atoms with Gasteiger partial charge >= 0.3 is 0 Å². The predicted octanol–water partition coefficient (Wildman–Crippen LogP) is 3.21. The zero-order chi connectivity index (χ0) is 19.4. The molecule has 0 aliphatic rings. The number of aliphatic imine (C=N–C) groups is 1. The summed E-state index contributed by atoms with van der Waals surface area (Å²) in [4.78, 5) is 12.8. The van der Waals surface area contributed by atoms with Gasteiger partial charge in [-0.25, -0.2) is 14.4 Å². The number of hydrogen-bond donors (Lipinski definition) is 3. The van der Waals surface area contributed by atoms with Crippen LogP contribution in [0.15, 0.2) is 47.5 Å². The summed E-state index contributed by atoms with van der Waals surface area (Å²) in [6.07, 6.45) is 0. The van der Waals surface area contributed by atoms with E-state index < -0.39 is 0 Å². The Hall–Kier alpha value is -3.33. The number of nitrogens with two attached hydrogens (primary N) is 1. The Kier molecular flexibility index (Phi) is 5.41. The van der Waals surface area contributed by atoms with Gasteiger partial charge in [-0.2, -0.15) is 4.99 Å². The molecule has 7 nitrogen and oxygen atoms in total. The highest BCUT2D eigenvalue weighted by Crippen LogP contribution is 2.22. The molecule has 0 spiro atoms. The molecule has 1 aromatic heterocycles. The van der Waals surface area contributed by atoms with Crippen molar-refractivity contribution in [2.45, 2.75) is 6.92 Å². The van der Waals surface area contributed by atoms with Gasteiger partial charge in [0.2, 0.25) is 17.0 Å². The molecule has 0 radical (unpaired) electrons. The van der Waals surface area contributed by atoms with Crippen molar-refractivity contribution in [2.24, 2.45) is 10.7 Å². The van der Waals surface area contributed by atoms with E-state index in [0.717, 1.165) is 22.3 Å². The molecule has 0 unspecified atom stereocenters. The molecule has 0 atom stereocenters. The number of guanidine groups is 1. The number of hydrogen-bond acceptors (Lipinski definition) is 4. The number of methoxy groups -OCH3 is 1. The fraction of sp³-hybridized carbons (Fsp3) is 0.111. The number of halogens is 1. The van der Waals surface area contributed by atoms with Crippen LogP contribution in [-0.4, -0.2) is 28.1 Å². The maximum absolute atomic E-state index is 12.9. The van der Waals surface area contributed by atoms with E-state index in [2.05, 4.69) is 25.6 Å². The van der Waals surface area contributed by atoms with E-state index in [1.807, 2.05) is 25.1 Å². The van der Waals surface area contributed by atoms with E-state index in [0.29, 0.717) is 11.6 Å². The van der Waals surface area contributed by atoms with Gasteiger partial charge in [-0.1, -0.05) is 0 Å². The van der Waals surface area contributed by atoms with Crippen LogP contribution in [0.5, 0.6) is 5.75 Å². The summed E-state index contributed by atoms with van der Waals surface area (Å²) < 4.78 is 18.1. The van der Waals surface area contributed by atoms with E-state index in [9.17, 15) is 4.39 Å². The smallest absolute Gasteiger partial charge is 0.230 e. The number of ether oxygens (including phenoxy) is 1. The molecular formula is C18H17FN6OS. The summed E-state index contributed by atoms with van der Waals surface area (Å²) in [5, 5.41) is 6.66. The standard InChI is InChI=1S/C18H17FN6OS/c1-10-14-9-13(26-2)7-8-15(14)23-17(21-10)24-16(20)25-18(27)22-12-5-3-11(19)4-6-12/h3-9H,1-2H3,(H4,20,21,22,23,24,25,27). The SMILES string of the molecule is COc1ccc2nc(N/C(N)=N/C(=S)Nc3ccc(F)cc3)nc(C)c2c1. The van der Waals surface area contributed by atoms with E-state index in [1.54, 1.807) is 19.2 Å². The molecule has 27 heavy (non-hydrogen) atoms. The number of rotatable bonds is 3. The van der Waals surface area contributed by atoms with Crippen molar-refractivity contribution in [2.75, 3.05) is 17.7 Å². The van der Waals surface area contributed by atoms with Crippen LogP contribution in [-0.2, 0) is 0 Å². The van der Waals surface area contributed by atoms with Crippen LogP contribution in [0.3, 0.4) is 0 Å². The third kappa shape index (κ3) is 4.64. The molecule has 138 valence electrons. The number of aryl methyl sites for hydroxylation is 1. The third-order valence-electron chi connectivity index (χ3n) is 3.65. The van der Waals surface area contributed by atoms with Gasteiger partial charge in [0.15, 0.2) is 0 Å². The lowest BCUT2D eigenvalue weighted by Crippen LogP contribution is -2.26. The Labute approximate surface area is 160 Å². The third-order valence-corrected chi connectivity index (χ3v) is 3.84. The normalized spacial score (nSPS) is 11.3. The largest absolute Gasteiger partial charge is 0.497 e. The molecule has 4 N–H and O–H groups in total. The predicted molar refractivity (Wildman–Crippen MR) is 109 cm³/mol. The minimum Gasteiger partial charge on any atom is -0.497 e. The average molecular weight is 384 g/mol. The van der Waals surface area contributed by atoms with E-state index in [4.69, 9.17) is 22.7 Å². The molecule has 0 bridgehead atoms. The first-order chi connectivity index (χ1) is 12.9. The molecular weight excluding hydrogens is 367 g/mol. The highest BCUT2D eigenvalue weighted by molar-refractivity contribution is 7.80. The fourth-order valence-corrected chi connectivity index (χ4v) is 2.60. The lowest BCUT2D eigenvalue weighted by molar-refractivity contribution is 0.415. The molecule has 0 aliphatic carbocycles. The second-order valence-electron chi connectivity index (χ2n) is 5.57. The number of anilines is 2. The van der Waals surface area contributed by atoms with Gasteiger partial charge in [-0.15, -0.1) is 0 Å². The Bertz CT molecular complexity index is 1020. The Morgan fingerprint density at radius 1 is 1.15 bits per heavy atom. The van der Waals surface area contributed by atoms with Crippen molar-refractivity contribution in [1.29, 1.82) is 0 Å². The van der Waals surface area contributed by atoms with Crippen LogP contribution in [0.25, 0.3) is 10.9 Å². The molecule has 0 saturated carbocycles. The molecule has 9 heteroatoms. The number of nitrogens with one attached hydrogen (secondary N) is 2. The molecule has 0 saturated heterocycles. The first-order valence-electron chi connectivity index (χ1n) is 7.95. The summed E-state index contributed by atoms with van der Waals surface area (Å²) in [6, 6.07) is 11.2. The number of nitrogens with zero attached hydrogens (tertiary/aromatic N) is 3. The molecule has 0 aliphatic heterocycles. The van der Waals surface area contributed by atoms with Crippen LogP contribution in [0.4, 0.5) is 16.0 Å². The summed E-state index contributed by atoms with van der Waals surface area (Å²) in [5.41, 5.74) is 7.98. The number of aromatic nitrogens is 2. The molecule has 3 rings (SSSR count). The summed E-state index contributed by atoms with van der Waals surface area (Å²) in [6.45, 7) is 1.86. The van der Waals surface area contributed by atoms with Crippen molar-refractivity contribution in [3.63, 3.8) is 0 Å². The quantitative estimate of drug-likeness (QED) is 0.362. The Morgan fingerprint density at radius 2 is 1.89 bits per heavy atom. The van der Waals surface area contributed by atoms with Gasteiger partial charge < -0.3 is 15.8 Å². The number of thiocarbonyl (C=S) groups is 1. The van der Waals surface area contributed by atoms with Crippen molar-refractivity contribution >= 4 is 45.8 Å². The zero-order valence-corrected chi connectivity index (χ0v) is 15.5. The maximum atomic E-state index is 12.9. The van der Waals surface area contributed by atoms with Gasteiger partial charge in [-0.05, 0) is 61.6 Å². The lowest BCUT2D eigenvalue weighted by Gasteiger charge is -2.09. The second-order valence-corrected chi connectivity index (χ2v) is 5.96. The van der Waals surface area contributed by atoms with Crippen molar-refractivity contribution in [3.05, 3.63) is 54.0 Å². The summed E-state index contributed by atoms with van der Waals surface area (Å²) in [7, 11) is 1.60. The van der Waals surface area contributed by atoms with E-state index in [-0.39, 0.29) is 16.9 Å². The van der Waals surface area contributed by atoms with Crippen LogP contribution >= 0.6 is 12.2 Å². The molecule has 0 amide bonds. The average Bonchev–Trinajstić information content (AvgIpc) is 2.63. The van der Waals surface area contributed by atoms with E-state index >= 15 is 0 Å². The molecule has 1 heterocycles. The first-order valence-corrected chi connectivity index (χ1v) is 8.35. The van der Waals surface area contributed by atoms with Gasteiger partial charge in [0.25, 0.3) is 0 Å². The van der Waals surface area contributed by atoms with Crippen LogP contribution < -0.4 is 21.1 Å². The van der Waals surface area contributed by atoms with Gasteiger partial charge in [0.05, 0.1) is 18.3 Å². The molecule has 3 aromatic rings. The summed E-state index contributed by atoms with van der Waals surface area (Å²) >= 11 is 5.12. The van der Waals surface area contributed by atoms with Crippen LogP contribution in [0, 0.1) is 12.7 Å². The van der Waals surface area contributed by atoms with Crippen molar-refractivity contribution in [3.8, 4) is 5.75 Å². The van der Waals surface area contributed by atoms with E-state index in [1.165, 1.54) is 12.1 Å². The van der Waals surface area contributed by atoms with Gasteiger partial charge in [-0.3, -0.25) is 5.32 Å². The fourth-order valence-electron chi connectivity index (χ4n) is 2.38. The van der Waals surface area contributed by atoms with Crippen molar-refractivity contribution in [1.82, 2.24) is 9.97 Å². The number of fused-ring (bicyclic) bond motifs is 1. The Balaban J connectivity index is 1.74. The zero-order valence-electron chi connectivity index (χ0n) is 14.7. The first kappa shape index (κ1) is 18.5. The lowest BCUT2D eigenvalue weighted by atomic mass is 10.2. The second kappa shape index (κ2) is 7.92. The van der Waals surface area contributed by atoms with Gasteiger partial charge in [0, 0.05) is 11.1 Å². The maximum Gasteiger partial charge on any atom is 0.230 e. The Morgan fingerprint density at radius 3 is 2.59 bits per heavy atom. The molecule has 0 fully saturated rings. The van der Waals surface area contributed by atoms with Crippen molar-refractivity contribution < 1.29 is 9.13 Å². The van der Waals surface area contributed by atoms with Crippen LogP contribution in [0.1, 0.15) is 5.69 Å². The van der Waals surface area contributed by atoms with Gasteiger partial charge in [0.1, 0.15) is 11.6 Å². The minimum atomic E-state index is -0.336. The monoisotopic (exact) mass is 384 g/mol.